The van der Waals surface area contributed by atoms with E-state index < -0.39 is 0 Å². The van der Waals surface area contributed by atoms with Gasteiger partial charge < -0.3 is 15.5 Å². The molecular formula is C21H27IN4OS. The van der Waals surface area contributed by atoms with Crippen LogP contribution >= 0.6 is 35.7 Å². The predicted octanol–water partition coefficient (Wildman–Crippen LogP) is 3.59. The summed E-state index contributed by atoms with van der Waals surface area (Å²) in [6.45, 7) is 3.72. The molecule has 1 aliphatic rings. The second-order valence-electron chi connectivity index (χ2n) is 6.52. The van der Waals surface area contributed by atoms with Gasteiger partial charge in [0.1, 0.15) is 0 Å². The van der Waals surface area contributed by atoms with Gasteiger partial charge in [-0.1, -0.05) is 30.3 Å². The van der Waals surface area contributed by atoms with Crippen LogP contribution in [0.4, 0.5) is 5.69 Å². The van der Waals surface area contributed by atoms with Gasteiger partial charge in [-0.2, -0.15) is 0 Å². The second kappa shape index (κ2) is 10.7. The number of thioether (sulfide) groups is 1. The summed E-state index contributed by atoms with van der Waals surface area (Å²) in [7, 11) is 1.72. The highest BCUT2D eigenvalue weighted by atomic mass is 127. The molecule has 0 aromatic heterocycles. The SMILES string of the molecule is CN=C(NCC(=O)N1CCc2ccccc21)NCc1ccc(C)cc1SC.I. The molecule has 2 aromatic rings. The number of hydrogen-bond donors (Lipinski definition) is 2. The number of anilines is 1. The van der Waals surface area contributed by atoms with Crippen LogP contribution in [0, 0.1) is 6.92 Å². The lowest BCUT2D eigenvalue weighted by Crippen LogP contribution is -2.44. The fraction of sp³-hybridized carbons (Fsp3) is 0.333. The summed E-state index contributed by atoms with van der Waals surface area (Å²) in [6, 6.07) is 14.5. The zero-order valence-electron chi connectivity index (χ0n) is 16.5. The molecule has 7 heteroatoms. The van der Waals surface area contributed by atoms with E-state index in [0.717, 1.165) is 18.7 Å². The summed E-state index contributed by atoms with van der Waals surface area (Å²) in [6.07, 6.45) is 3.00. The van der Waals surface area contributed by atoms with Crippen LogP contribution in [0.3, 0.4) is 0 Å². The zero-order chi connectivity index (χ0) is 19.2. The lowest BCUT2D eigenvalue weighted by Gasteiger charge is -2.19. The van der Waals surface area contributed by atoms with Gasteiger partial charge in [-0.15, -0.1) is 35.7 Å². The highest BCUT2D eigenvalue weighted by molar-refractivity contribution is 14.0. The van der Waals surface area contributed by atoms with Crippen LogP contribution in [0.15, 0.2) is 52.4 Å². The van der Waals surface area contributed by atoms with Crippen LogP contribution in [-0.2, 0) is 17.8 Å². The van der Waals surface area contributed by atoms with E-state index in [4.69, 9.17) is 0 Å². The maximum atomic E-state index is 12.6. The number of fused-ring (bicyclic) bond motifs is 1. The minimum atomic E-state index is 0. The number of nitrogens with one attached hydrogen (secondary N) is 2. The number of hydrogen-bond acceptors (Lipinski definition) is 3. The van der Waals surface area contributed by atoms with E-state index in [0.29, 0.717) is 12.5 Å². The van der Waals surface area contributed by atoms with E-state index in [1.807, 2.05) is 23.1 Å². The van der Waals surface area contributed by atoms with Crippen molar-refractivity contribution in [2.24, 2.45) is 4.99 Å². The summed E-state index contributed by atoms with van der Waals surface area (Å²) >= 11 is 1.74. The van der Waals surface area contributed by atoms with Gasteiger partial charge in [-0.05, 0) is 48.4 Å². The maximum absolute atomic E-state index is 12.6. The van der Waals surface area contributed by atoms with E-state index in [1.165, 1.54) is 21.6 Å². The third-order valence-corrected chi connectivity index (χ3v) is 5.53. The molecule has 0 aliphatic carbocycles. The van der Waals surface area contributed by atoms with Crippen molar-refractivity contribution in [1.29, 1.82) is 0 Å². The Morgan fingerprint density at radius 1 is 1.21 bits per heavy atom. The lowest BCUT2D eigenvalue weighted by atomic mass is 10.1. The maximum Gasteiger partial charge on any atom is 0.246 e. The van der Waals surface area contributed by atoms with E-state index >= 15 is 0 Å². The number of para-hydroxylation sites is 1. The largest absolute Gasteiger partial charge is 0.352 e. The number of amides is 1. The summed E-state index contributed by atoms with van der Waals surface area (Å²) in [5.41, 5.74) is 4.73. The number of rotatable bonds is 5. The molecule has 5 nitrogen and oxygen atoms in total. The van der Waals surface area contributed by atoms with Crippen LogP contribution in [-0.4, -0.2) is 38.3 Å². The minimum absolute atomic E-state index is 0. The van der Waals surface area contributed by atoms with Crippen LogP contribution in [0.2, 0.25) is 0 Å². The molecule has 0 atom stereocenters. The van der Waals surface area contributed by atoms with Gasteiger partial charge in [-0.25, -0.2) is 0 Å². The monoisotopic (exact) mass is 510 g/mol. The Morgan fingerprint density at radius 2 is 2.00 bits per heavy atom. The van der Waals surface area contributed by atoms with Crippen molar-refractivity contribution >= 4 is 53.3 Å². The average Bonchev–Trinajstić information content (AvgIpc) is 3.13. The van der Waals surface area contributed by atoms with Gasteiger partial charge >= 0.3 is 0 Å². The Kier molecular flexibility index (Phi) is 8.62. The first kappa shape index (κ1) is 22.5. The van der Waals surface area contributed by atoms with Crippen molar-refractivity contribution in [2.45, 2.75) is 24.8 Å². The van der Waals surface area contributed by atoms with E-state index in [2.05, 4.69) is 53.1 Å². The molecule has 2 aromatic carbocycles. The summed E-state index contributed by atoms with van der Waals surface area (Å²) in [5.74, 6) is 0.687. The van der Waals surface area contributed by atoms with E-state index in [9.17, 15) is 4.79 Å². The quantitative estimate of drug-likeness (QED) is 0.280. The van der Waals surface area contributed by atoms with Gasteiger partial charge in [0.25, 0.3) is 0 Å². The first-order chi connectivity index (χ1) is 13.1. The summed E-state index contributed by atoms with van der Waals surface area (Å²) in [5, 5.41) is 6.44. The smallest absolute Gasteiger partial charge is 0.246 e. The molecule has 0 bridgehead atoms. The van der Waals surface area contributed by atoms with Crippen molar-refractivity contribution in [3.05, 3.63) is 59.2 Å². The molecule has 0 radical (unpaired) electrons. The molecule has 0 spiro atoms. The Morgan fingerprint density at radius 3 is 2.75 bits per heavy atom. The molecule has 28 heavy (non-hydrogen) atoms. The molecular weight excluding hydrogens is 483 g/mol. The number of aliphatic imine (C=N–C) groups is 1. The van der Waals surface area contributed by atoms with Gasteiger partial charge in [0, 0.05) is 30.7 Å². The summed E-state index contributed by atoms with van der Waals surface area (Å²) in [4.78, 5) is 20.0. The highest BCUT2D eigenvalue weighted by Crippen LogP contribution is 2.27. The third kappa shape index (κ3) is 5.41. The van der Waals surface area contributed by atoms with Crippen molar-refractivity contribution < 1.29 is 4.79 Å². The molecule has 0 saturated carbocycles. The van der Waals surface area contributed by atoms with Gasteiger partial charge in [-0.3, -0.25) is 9.79 Å². The number of carbonyl (C=O) groups excluding carboxylic acids is 1. The number of nitrogens with zero attached hydrogens (tertiary/aromatic N) is 2. The normalized spacial score (nSPS) is 13.0. The van der Waals surface area contributed by atoms with Gasteiger partial charge in [0.2, 0.25) is 5.91 Å². The molecule has 1 heterocycles. The highest BCUT2D eigenvalue weighted by Gasteiger charge is 2.23. The number of guanidine groups is 1. The standard InChI is InChI=1S/C21H26N4OS.HI/c1-15-8-9-17(19(12-15)27-3)13-23-21(22-2)24-14-20(26)25-11-10-16-6-4-5-7-18(16)25;/h4-9,12H,10-11,13-14H2,1-3H3,(H2,22,23,24);1H. The molecule has 0 saturated heterocycles. The minimum Gasteiger partial charge on any atom is -0.352 e. The Bertz CT molecular complexity index is 856. The Hall–Kier alpha value is -1.74. The van der Waals surface area contributed by atoms with E-state index in [1.54, 1.807) is 18.8 Å². The first-order valence-electron chi connectivity index (χ1n) is 9.08. The average molecular weight is 510 g/mol. The topological polar surface area (TPSA) is 56.7 Å². The molecule has 1 amide bonds. The first-order valence-corrected chi connectivity index (χ1v) is 10.3. The third-order valence-electron chi connectivity index (χ3n) is 4.71. The number of halogens is 1. The number of aryl methyl sites for hydroxylation is 1. The fourth-order valence-electron chi connectivity index (χ4n) is 3.25. The molecule has 2 N–H and O–H groups in total. The van der Waals surface area contributed by atoms with Crippen LogP contribution in [0.1, 0.15) is 16.7 Å². The fourth-order valence-corrected chi connectivity index (χ4v) is 3.96. The van der Waals surface area contributed by atoms with Crippen molar-refractivity contribution in [3.63, 3.8) is 0 Å². The van der Waals surface area contributed by atoms with Crippen molar-refractivity contribution in [1.82, 2.24) is 10.6 Å². The number of carbonyl (C=O) groups is 1. The number of benzene rings is 2. The van der Waals surface area contributed by atoms with Crippen LogP contribution in [0.5, 0.6) is 0 Å². The van der Waals surface area contributed by atoms with Crippen LogP contribution in [0.25, 0.3) is 0 Å². The Labute approximate surface area is 188 Å². The van der Waals surface area contributed by atoms with Crippen LogP contribution < -0.4 is 15.5 Å². The van der Waals surface area contributed by atoms with Crippen molar-refractivity contribution in [2.75, 3.05) is 31.3 Å². The van der Waals surface area contributed by atoms with Gasteiger partial charge in [0.05, 0.1) is 6.54 Å². The van der Waals surface area contributed by atoms with Gasteiger partial charge in [0.15, 0.2) is 5.96 Å². The predicted molar refractivity (Wildman–Crippen MR) is 129 cm³/mol. The molecule has 150 valence electrons. The zero-order valence-corrected chi connectivity index (χ0v) is 19.6. The molecule has 3 rings (SSSR count). The lowest BCUT2D eigenvalue weighted by molar-refractivity contribution is -0.117. The Balaban J connectivity index is 0.00000280. The summed E-state index contributed by atoms with van der Waals surface area (Å²) < 4.78 is 0. The van der Waals surface area contributed by atoms with E-state index in [-0.39, 0.29) is 36.4 Å². The molecule has 0 fully saturated rings. The molecule has 1 aliphatic heterocycles. The molecule has 0 unspecified atom stereocenters. The second-order valence-corrected chi connectivity index (χ2v) is 7.37. The van der Waals surface area contributed by atoms with Crippen molar-refractivity contribution in [3.8, 4) is 0 Å².